The summed E-state index contributed by atoms with van der Waals surface area (Å²) >= 11 is 0. The summed E-state index contributed by atoms with van der Waals surface area (Å²) in [7, 11) is 0. The fraction of sp³-hybridized carbons (Fsp3) is 0.114. The third-order valence-electron chi connectivity index (χ3n) is 10.3. The number of hydrogen-bond acceptors (Lipinski definition) is 2. The van der Waals surface area contributed by atoms with E-state index in [9.17, 15) is 0 Å². The van der Waals surface area contributed by atoms with Gasteiger partial charge in [0.1, 0.15) is 0 Å². The van der Waals surface area contributed by atoms with E-state index < -0.39 is 0 Å². The van der Waals surface area contributed by atoms with Gasteiger partial charge < -0.3 is 4.90 Å². The molecule has 1 aromatic heterocycles. The summed E-state index contributed by atoms with van der Waals surface area (Å²) in [5, 5.41) is 3.65. The Bertz CT molecular complexity index is 2430. The van der Waals surface area contributed by atoms with Crippen LogP contribution in [0, 0.1) is 0 Å². The maximum atomic E-state index is 5.14. The minimum atomic E-state index is 0.291. The van der Waals surface area contributed by atoms with Gasteiger partial charge in [-0.1, -0.05) is 122 Å². The highest BCUT2D eigenvalue weighted by molar-refractivity contribution is 6.15. The normalized spacial score (nSPS) is 19.1. The maximum absolute atomic E-state index is 5.14. The van der Waals surface area contributed by atoms with Crippen LogP contribution in [0.25, 0.3) is 33.3 Å². The Balaban J connectivity index is 1.26. The zero-order valence-corrected chi connectivity index (χ0v) is 27.3. The average Bonchev–Trinajstić information content (AvgIpc) is 3.79. The SMILES string of the molecule is C=C/C=C(\C=C)CN=C(N=C(N=C)n1c2c(c3cc4c5c(ccc4cc31)C1C=CC=C3c4ccccc4N5C31)C=CCC2)c1ccccc1. The molecule has 2 unspecified atom stereocenters. The first kappa shape index (κ1) is 29.1. The fourth-order valence-electron chi connectivity index (χ4n) is 8.17. The number of anilines is 2. The molecule has 2 aliphatic heterocycles. The van der Waals surface area contributed by atoms with Gasteiger partial charge in [0.15, 0.2) is 5.84 Å². The lowest BCUT2D eigenvalue weighted by Gasteiger charge is -2.25. The molecule has 0 saturated carbocycles. The van der Waals surface area contributed by atoms with Gasteiger partial charge in [-0.2, -0.15) is 4.99 Å². The van der Waals surface area contributed by atoms with Crippen molar-refractivity contribution in [3.8, 4) is 0 Å². The largest absolute Gasteiger partial charge is 0.332 e. The Hall–Kier alpha value is -6.07. The molecule has 0 bridgehead atoms. The van der Waals surface area contributed by atoms with Gasteiger partial charge in [-0.05, 0) is 59.9 Å². The molecule has 2 atom stereocenters. The monoisotopic (exact) mass is 633 g/mol. The van der Waals surface area contributed by atoms with Crippen molar-refractivity contribution in [3.63, 3.8) is 0 Å². The molecule has 0 radical (unpaired) electrons. The summed E-state index contributed by atoms with van der Waals surface area (Å²) in [5.41, 5.74) is 12.1. The van der Waals surface area contributed by atoms with E-state index >= 15 is 0 Å². The minimum absolute atomic E-state index is 0.291. The highest BCUT2D eigenvalue weighted by atomic mass is 15.2. The lowest BCUT2D eigenvalue weighted by atomic mass is 9.84. The number of hydrogen-bond donors (Lipinski definition) is 0. The molecule has 0 spiro atoms. The topological polar surface area (TPSA) is 45.2 Å². The number of nitrogens with zero attached hydrogens (tertiary/aromatic N) is 5. The smallest absolute Gasteiger partial charge is 0.235 e. The highest BCUT2D eigenvalue weighted by Gasteiger charge is 2.47. The zero-order chi connectivity index (χ0) is 33.1. The summed E-state index contributed by atoms with van der Waals surface area (Å²) in [6.45, 7) is 12.2. The van der Waals surface area contributed by atoms with Crippen LogP contribution in [0.1, 0.15) is 40.3 Å². The van der Waals surface area contributed by atoms with Crippen molar-refractivity contribution in [1.82, 2.24) is 4.57 Å². The summed E-state index contributed by atoms with van der Waals surface area (Å²) in [6, 6.07) is 28.5. The molecule has 9 rings (SSSR count). The lowest BCUT2D eigenvalue weighted by Crippen LogP contribution is -2.26. The molecule has 0 fully saturated rings. The van der Waals surface area contributed by atoms with Crippen molar-refractivity contribution in [3.05, 3.63) is 168 Å². The molecule has 5 heteroatoms. The van der Waals surface area contributed by atoms with Crippen molar-refractivity contribution in [2.75, 3.05) is 11.4 Å². The Kier molecular flexibility index (Phi) is 6.87. The van der Waals surface area contributed by atoms with Crippen LogP contribution in [0.2, 0.25) is 0 Å². The van der Waals surface area contributed by atoms with Gasteiger partial charge in [0.25, 0.3) is 0 Å². The Morgan fingerprint density at radius 2 is 1.82 bits per heavy atom. The molecular formula is C44H35N5. The molecule has 0 N–H and O–H groups in total. The highest BCUT2D eigenvalue weighted by Crippen LogP contribution is 2.59. The number of amidine groups is 1. The first-order valence-corrected chi connectivity index (χ1v) is 16.9. The predicted octanol–water partition coefficient (Wildman–Crippen LogP) is 9.97. The van der Waals surface area contributed by atoms with Gasteiger partial charge in [0, 0.05) is 44.8 Å². The van der Waals surface area contributed by atoms with Crippen LogP contribution in [-0.2, 0) is 6.42 Å². The van der Waals surface area contributed by atoms with Crippen LogP contribution in [0.5, 0.6) is 0 Å². The van der Waals surface area contributed by atoms with E-state index in [1.54, 1.807) is 12.2 Å². The number of fused-ring (bicyclic) bond motifs is 11. The number of rotatable bonds is 5. The second-order valence-electron chi connectivity index (χ2n) is 12.9. The molecule has 2 aliphatic carbocycles. The number of benzene rings is 4. The van der Waals surface area contributed by atoms with E-state index in [0.29, 0.717) is 30.3 Å². The van der Waals surface area contributed by atoms with E-state index in [0.717, 1.165) is 29.5 Å². The van der Waals surface area contributed by atoms with Crippen molar-refractivity contribution in [2.24, 2.45) is 15.0 Å². The average molecular weight is 634 g/mol. The van der Waals surface area contributed by atoms with Gasteiger partial charge in [-0.3, -0.25) is 9.56 Å². The zero-order valence-electron chi connectivity index (χ0n) is 27.3. The molecule has 5 nitrogen and oxygen atoms in total. The van der Waals surface area contributed by atoms with Gasteiger partial charge in [0.2, 0.25) is 5.96 Å². The van der Waals surface area contributed by atoms with E-state index in [1.807, 2.05) is 36.4 Å². The summed E-state index contributed by atoms with van der Waals surface area (Å²) in [6.07, 6.45) is 18.8. The van der Waals surface area contributed by atoms with Crippen molar-refractivity contribution in [2.45, 2.75) is 24.8 Å². The summed E-state index contributed by atoms with van der Waals surface area (Å²) in [5.74, 6) is 1.42. The van der Waals surface area contributed by atoms with Crippen LogP contribution in [0.3, 0.4) is 0 Å². The van der Waals surface area contributed by atoms with Crippen molar-refractivity contribution in [1.29, 1.82) is 0 Å². The Morgan fingerprint density at radius 1 is 0.959 bits per heavy atom. The molecule has 3 heterocycles. The quantitative estimate of drug-likeness (QED) is 0.108. The van der Waals surface area contributed by atoms with Gasteiger partial charge >= 0.3 is 0 Å². The number of aliphatic imine (C=N–C) groups is 3. The molecule has 4 aliphatic rings. The first-order valence-electron chi connectivity index (χ1n) is 16.9. The number of aromatic nitrogens is 1. The second kappa shape index (κ2) is 11.6. The Morgan fingerprint density at radius 3 is 2.65 bits per heavy atom. The van der Waals surface area contributed by atoms with Crippen LogP contribution in [-0.4, -0.2) is 35.7 Å². The first-order chi connectivity index (χ1) is 24.2. The third-order valence-corrected chi connectivity index (χ3v) is 10.3. The molecule has 236 valence electrons. The van der Waals surface area contributed by atoms with E-state index in [1.165, 1.54) is 55.5 Å². The van der Waals surface area contributed by atoms with E-state index in [4.69, 9.17) is 9.98 Å². The van der Waals surface area contributed by atoms with Crippen molar-refractivity contribution < 1.29 is 0 Å². The minimum Gasteiger partial charge on any atom is -0.332 e. The molecule has 0 saturated heterocycles. The maximum Gasteiger partial charge on any atom is 0.235 e. The lowest BCUT2D eigenvalue weighted by molar-refractivity contribution is 0.782. The third kappa shape index (κ3) is 4.42. The van der Waals surface area contributed by atoms with Crippen molar-refractivity contribution >= 4 is 63.2 Å². The van der Waals surface area contributed by atoms with Gasteiger partial charge in [0.05, 0.1) is 23.8 Å². The van der Waals surface area contributed by atoms with E-state index in [-0.39, 0.29) is 0 Å². The summed E-state index contributed by atoms with van der Waals surface area (Å²) < 4.78 is 2.20. The molecule has 0 amide bonds. The number of para-hydroxylation sites is 1. The fourth-order valence-corrected chi connectivity index (χ4v) is 8.17. The molecular weight excluding hydrogens is 599 g/mol. The Labute approximate surface area is 286 Å². The molecule has 49 heavy (non-hydrogen) atoms. The van der Waals surface area contributed by atoms with E-state index in [2.05, 4.69) is 113 Å². The standard InChI is InChI=1S/C44H35N5/c1-4-14-28(5-2)27-46-43(29-15-7-6-8-16-29)47-44(45-3)48-38-21-11-10-18-32(38)37-26-36-30(25-40(37)48)23-24-35-34-20-13-19-33-31-17-9-12-22-39(31)49(41(33)34)42(35)36/h4-10,12-20,22-26,34,41H,1-3,11,21,27H2/b28-14+,46-43?,47-44?. The van der Waals surface area contributed by atoms with Crippen LogP contribution >= 0.6 is 0 Å². The van der Waals surface area contributed by atoms with Crippen LogP contribution in [0.15, 0.2) is 155 Å². The van der Waals surface area contributed by atoms with Gasteiger partial charge in [-0.15, -0.1) is 0 Å². The van der Waals surface area contributed by atoms with Gasteiger partial charge in [-0.25, -0.2) is 4.99 Å². The molecule has 5 aromatic rings. The second-order valence-corrected chi connectivity index (χ2v) is 12.9. The number of allylic oxidation sites excluding steroid dienone is 5. The molecule has 4 aromatic carbocycles. The van der Waals surface area contributed by atoms with Crippen LogP contribution in [0.4, 0.5) is 11.4 Å². The predicted molar refractivity (Wildman–Crippen MR) is 208 cm³/mol. The summed E-state index contributed by atoms with van der Waals surface area (Å²) in [4.78, 5) is 17.3. The van der Waals surface area contributed by atoms with Crippen LogP contribution < -0.4 is 4.90 Å².